The molecule has 0 unspecified atom stereocenters. The molecule has 1 saturated heterocycles. The fourth-order valence-electron chi connectivity index (χ4n) is 2.59. The van der Waals surface area contributed by atoms with Crippen LogP contribution in [0.15, 0.2) is 29.2 Å². The molecule has 0 saturated carbocycles. The minimum absolute atomic E-state index is 0.127. The zero-order valence-corrected chi connectivity index (χ0v) is 14.5. The number of rotatable bonds is 3. The molecule has 5 nitrogen and oxygen atoms in total. The first-order valence-electron chi connectivity index (χ1n) is 7.02. The highest BCUT2D eigenvalue weighted by atomic mass is 35.5. The lowest BCUT2D eigenvalue weighted by Gasteiger charge is -2.30. The van der Waals surface area contributed by atoms with E-state index in [0.29, 0.717) is 18.1 Å². The van der Waals surface area contributed by atoms with Crippen molar-refractivity contribution >= 4 is 33.0 Å². The zero-order chi connectivity index (χ0) is 15.7. The van der Waals surface area contributed by atoms with E-state index >= 15 is 0 Å². The van der Waals surface area contributed by atoms with E-state index < -0.39 is 10.0 Å². The largest absolute Gasteiger partial charge is 0.243 e. The second-order valence-corrected chi connectivity index (χ2v) is 8.90. The second-order valence-electron chi connectivity index (χ2n) is 5.32. The molecule has 118 valence electrons. The molecule has 22 heavy (non-hydrogen) atoms. The van der Waals surface area contributed by atoms with Gasteiger partial charge in [0.2, 0.25) is 10.0 Å². The maximum atomic E-state index is 12.7. The van der Waals surface area contributed by atoms with Gasteiger partial charge in [-0.2, -0.15) is 4.31 Å². The third-order valence-corrected chi connectivity index (χ3v) is 6.86. The number of nitrogens with zero attached hydrogens (tertiary/aromatic N) is 3. The minimum atomic E-state index is -3.48. The fraction of sp³-hybridized carbons (Fsp3) is 0.429. The molecule has 0 N–H and O–H groups in total. The molecule has 2 heterocycles. The molecule has 1 aliphatic rings. The first-order chi connectivity index (χ1) is 10.5. The van der Waals surface area contributed by atoms with E-state index in [0.717, 1.165) is 22.9 Å². The molecular formula is C14H16ClN3O2S2. The van der Waals surface area contributed by atoms with Crippen LogP contribution in [0.4, 0.5) is 0 Å². The highest BCUT2D eigenvalue weighted by Crippen LogP contribution is 2.31. The van der Waals surface area contributed by atoms with Crippen LogP contribution >= 0.6 is 22.9 Å². The molecule has 1 atom stereocenters. The van der Waals surface area contributed by atoms with Gasteiger partial charge in [-0.1, -0.05) is 11.6 Å². The summed E-state index contributed by atoms with van der Waals surface area (Å²) in [5, 5.41) is 10.6. The maximum Gasteiger partial charge on any atom is 0.243 e. The van der Waals surface area contributed by atoms with Crippen LogP contribution in [0.3, 0.4) is 0 Å². The Morgan fingerprint density at radius 3 is 2.64 bits per heavy atom. The van der Waals surface area contributed by atoms with Crippen molar-refractivity contribution in [2.75, 3.05) is 13.1 Å². The van der Waals surface area contributed by atoms with E-state index in [1.54, 1.807) is 39.9 Å². The molecule has 8 heteroatoms. The summed E-state index contributed by atoms with van der Waals surface area (Å²) in [4.78, 5) is 0.283. The average molecular weight is 358 g/mol. The van der Waals surface area contributed by atoms with E-state index in [1.807, 2.05) is 6.92 Å². The van der Waals surface area contributed by atoms with Gasteiger partial charge in [0.15, 0.2) is 0 Å². The molecule has 0 radical (unpaired) electrons. The highest BCUT2D eigenvalue weighted by molar-refractivity contribution is 7.89. The Bertz CT molecular complexity index is 759. The number of aromatic nitrogens is 2. The van der Waals surface area contributed by atoms with Crippen LogP contribution in [0, 0.1) is 6.92 Å². The molecule has 0 aliphatic carbocycles. The molecule has 1 aliphatic heterocycles. The van der Waals surface area contributed by atoms with Crippen molar-refractivity contribution in [3.63, 3.8) is 0 Å². The Labute approximate surface area is 139 Å². The van der Waals surface area contributed by atoms with Gasteiger partial charge < -0.3 is 0 Å². The lowest BCUT2D eigenvalue weighted by molar-refractivity contribution is 0.314. The van der Waals surface area contributed by atoms with E-state index in [1.165, 1.54) is 0 Å². The Hall–Kier alpha value is -1.02. The van der Waals surface area contributed by atoms with Gasteiger partial charge in [-0.3, -0.25) is 0 Å². The maximum absolute atomic E-state index is 12.7. The Kier molecular flexibility index (Phi) is 4.49. The molecule has 1 aromatic carbocycles. The van der Waals surface area contributed by atoms with Crippen molar-refractivity contribution in [2.45, 2.75) is 30.6 Å². The fourth-order valence-corrected chi connectivity index (χ4v) is 5.07. The van der Waals surface area contributed by atoms with Gasteiger partial charge >= 0.3 is 0 Å². The van der Waals surface area contributed by atoms with E-state index in [2.05, 4.69) is 10.2 Å². The molecular weight excluding hydrogens is 342 g/mol. The van der Waals surface area contributed by atoms with Crippen LogP contribution in [0.5, 0.6) is 0 Å². The predicted octanol–water partition coefficient (Wildman–Crippen LogP) is 3.07. The van der Waals surface area contributed by atoms with Gasteiger partial charge in [0.25, 0.3) is 0 Å². The van der Waals surface area contributed by atoms with Crippen LogP contribution in [0.1, 0.15) is 28.8 Å². The normalized spacial score (nSPS) is 20.2. The summed E-state index contributed by atoms with van der Waals surface area (Å²) in [7, 11) is -3.48. The van der Waals surface area contributed by atoms with Gasteiger partial charge in [0.1, 0.15) is 10.0 Å². The molecule has 1 aromatic heterocycles. The summed E-state index contributed by atoms with van der Waals surface area (Å²) in [6.07, 6.45) is 1.78. The molecule has 0 amide bonds. The third kappa shape index (κ3) is 3.17. The lowest BCUT2D eigenvalue weighted by Crippen LogP contribution is -2.39. The smallest absolute Gasteiger partial charge is 0.207 e. The van der Waals surface area contributed by atoms with Crippen molar-refractivity contribution in [1.29, 1.82) is 0 Å². The molecule has 3 rings (SSSR count). The van der Waals surface area contributed by atoms with Gasteiger partial charge in [-0.05, 0) is 44.0 Å². The Balaban J connectivity index is 1.83. The number of piperidine rings is 1. The van der Waals surface area contributed by atoms with Crippen molar-refractivity contribution in [2.24, 2.45) is 0 Å². The molecule has 0 spiro atoms. The second kappa shape index (κ2) is 6.23. The highest BCUT2D eigenvalue weighted by Gasteiger charge is 2.32. The molecule has 1 fully saturated rings. The number of aryl methyl sites for hydroxylation is 1. The van der Waals surface area contributed by atoms with E-state index in [-0.39, 0.29) is 10.8 Å². The summed E-state index contributed by atoms with van der Waals surface area (Å²) in [5.41, 5.74) is 0. The summed E-state index contributed by atoms with van der Waals surface area (Å²) in [6, 6.07) is 6.31. The van der Waals surface area contributed by atoms with Crippen LogP contribution in [0.25, 0.3) is 0 Å². The number of benzene rings is 1. The number of hydrogen-bond donors (Lipinski definition) is 0. The Morgan fingerprint density at radius 2 is 2.00 bits per heavy atom. The minimum Gasteiger partial charge on any atom is -0.207 e. The van der Waals surface area contributed by atoms with E-state index in [4.69, 9.17) is 11.6 Å². The predicted molar refractivity (Wildman–Crippen MR) is 86.8 cm³/mol. The van der Waals surface area contributed by atoms with E-state index in [9.17, 15) is 8.42 Å². The lowest BCUT2D eigenvalue weighted by atomic mass is 10.0. The quantitative estimate of drug-likeness (QED) is 0.846. The first kappa shape index (κ1) is 15.9. The SMILES string of the molecule is Cc1nnc([C@H]2CCCN(S(=O)(=O)c3ccc(Cl)cc3)C2)s1. The number of halogens is 1. The zero-order valence-electron chi connectivity index (χ0n) is 12.1. The van der Waals surface area contributed by atoms with Crippen LogP contribution in [-0.4, -0.2) is 36.0 Å². The topological polar surface area (TPSA) is 63.2 Å². The standard InChI is InChI=1S/C14H16ClN3O2S2/c1-10-16-17-14(21-10)11-3-2-8-18(9-11)22(19,20)13-6-4-12(15)5-7-13/h4-7,11H,2-3,8-9H2,1H3/t11-/m0/s1. The van der Waals surface area contributed by atoms with Gasteiger partial charge in [-0.15, -0.1) is 21.5 Å². The first-order valence-corrected chi connectivity index (χ1v) is 9.66. The van der Waals surface area contributed by atoms with Gasteiger partial charge in [-0.25, -0.2) is 8.42 Å². The molecule has 0 bridgehead atoms. The number of hydrogen-bond acceptors (Lipinski definition) is 5. The van der Waals surface area contributed by atoms with Crippen molar-refractivity contribution in [1.82, 2.24) is 14.5 Å². The van der Waals surface area contributed by atoms with Crippen LogP contribution in [-0.2, 0) is 10.0 Å². The number of sulfonamides is 1. The van der Waals surface area contributed by atoms with Gasteiger partial charge in [0, 0.05) is 24.0 Å². The summed E-state index contributed by atoms with van der Waals surface area (Å²) in [6.45, 7) is 2.91. The van der Waals surface area contributed by atoms with Gasteiger partial charge in [0.05, 0.1) is 4.90 Å². The Morgan fingerprint density at radius 1 is 1.27 bits per heavy atom. The summed E-state index contributed by atoms with van der Waals surface area (Å²) < 4.78 is 27.0. The van der Waals surface area contributed by atoms with Crippen molar-refractivity contribution in [3.8, 4) is 0 Å². The average Bonchev–Trinajstić information content (AvgIpc) is 2.94. The monoisotopic (exact) mass is 357 g/mol. The molecule has 2 aromatic rings. The summed E-state index contributed by atoms with van der Waals surface area (Å²) in [5.74, 6) is 0.127. The van der Waals surface area contributed by atoms with Crippen LogP contribution < -0.4 is 0 Å². The van der Waals surface area contributed by atoms with Crippen molar-refractivity contribution < 1.29 is 8.42 Å². The van der Waals surface area contributed by atoms with Crippen molar-refractivity contribution in [3.05, 3.63) is 39.3 Å². The summed E-state index contributed by atoms with van der Waals surface area (Å²) >= 11 is 7.37. The van der Waals surface area contributed by atoms with Crippen LogP contribution in [0.2, 0.25) is 5.02 Å². The third-order valence-electron chi connectivity index (χ3n) is 3.73.